The number of hydrogen-bond donors (Lipinski definition) is 1. The number of halogens is 4. The lowest BCUT2D eigenvalue weighted by Gasteiger charge is -2.21. The summed E-state index contributed by atoms with van der Waals surface area (Å²) in [6.07, 6.45) is -0.258. The van der Waals surface area contributed by atoms with Crippen LogP contribution in [0.4, 0.5) is 28.0 Å². The third-order valence-corrected chi connectivity index (χ3v) is 7.22. The molecule has 3 aromatic carbocycles. The van der Waals surface area contributed by atoms with Gasteiger partial charge in [0.05, 0.1) is 17.1 Å². The van der Waals surface area contributed by atoms with E-state index in [4.69, 9.17) is 0 Å². The molecule has 1 aromatic heterocycles. The number of urea groups is 1. The largest absolute Gasteiger partial charge is 0.573 e. The lowest BCUT2D eigenvalue weighted by Crippen LogP contribution is -2.31. The van der Waals surface area contributed by atoms with Crippen LogP contribution in [0.5, 0.6) is 5.75 Å². The standard InChI is InChI=1S/C30H24F4N6O3S/c1-18(2)24-15-21(31)7-12-25(24)40-26(41)16-44-29(40)37-28(42)35-14-13-19-3-5-20(6-4-19)27-36-17-39(38-27)22-8-10-23(11-9-22)43-30(32,33)34/h3-15,17-18H,16H2,1-2H3,(H,35,42)/b14-13+,37-29-. The number of aliphatic imine (C=N–C) groups is 1. The minimum absolute atomic E-state index is 0.0579. The van der Waals surface area contributed by atoms with Crippen molar-refractivity contribution in [3.63, 3.8) is 0 Å². The van der Waals surface area contributed by atoms with E-state index >= 15 is 0 Å². The first kappa shape index (κ1) is 30.5. The van der Waals surface area contributed by atoms with Crippen LogP contribution in [0.15, 0.2) is 84.2 Å². The van der Waals surface area contributed by atoms with Crippen molar-refractivity contribution >= 4 is 40.6 Å². The Morgan fingerprint density at radius 1 is 1.09 bits per heavy atom. The highest BCUT2D eigenvalue weighted by molar-refractivity contribution is 8.15. The van der Waals surface area contributed by atoms with Gasteiger partial charge in [0, 0.05) is 11.8 Å². The van der Waals surface area contributed by atoms with E-state index in [1.165, 1.54) is 64.6 Å². The van der Waals surface area contributed by atoms with Crippen LogP contribution in [-0.4, -0.2) is 44.0 Å². The molecular formula is C30H24F4N6O3S. The van der Waals surface area contributed by atoms with Crippen molar-refractivity contribution in [1.82, 2.24) is 20.1 Å². The maximum Gasteiger partial charge on any atom is 0.573 e. The van der Waals surface area contributed by atoms with E-state index in [1.807, 2.05) is 13.8 Å². The average molecular weight is 625 g/mol. The summed E-state index contributed by atoms with van der Waals surface area (Å²) in [6.45, 7) is 3.78. The van der Waals surface area contributed by atoms with Gasteiger partial charge in [-0.2, -0.15) is 4.99 Å². The predicted octanol–water partition coefficient (Wildman–Crippen LogP) is 6.91. The van der Waals surface area contributed by atoms with Gasteiger partial charge in [0.15, 0.2) is 11.0 Å². The summed E-state index contributed by atoms with van der Waals surface area (Å²) in [5.41, 5.74) is 3.07. The van der Waals surface area contributed by atoms with Gasteiger partial charge < -0.3 is 10.1 Å². The van der Waals surface area contributed by atoms with Gasteiger partial charge in [0.2, 0.25) is 5.91 Å². The molecule has 9 nitrogen and oxygen atoms in total. The highest BCUT2D eigenvalue weighted by atomic mass is 32.2. The van der Waals surface area contributed by atoms with Gasteiger partial charge in [-0.05, 0) is 65.6 Å². The van der Waals surface area contributed by atoms with E-state index in [1.54, 1.807) is 30.3 Å². The van der Waals surface area contributed by atoms with Crippen molar-refractivity contribution in [2.75, 3.05) is 10.7 Å². The average Bonchev–Trinajstić information content (AvgIpc) is 3.60. The molecule has 1 aliphatic heterocycles. The van der Waals surface area contributed by atoms with Gasteiger partial charge in [-0.3, -0.25) is 9.69 Å². The Kier molecular flexibility index (Phi) is 8.81. The van der Waals surface area contributed by atoms with Crippen LogP contribution in [0.25, 0.3) is 23.2 Å². The van der Waals surface area contributed by atoms with Gasteiger partial charge in [-0.25, -0.2) is 18.9 Å². The second-order valence-corrected chi connectivity index (χ2v) is 10.7. The van der Waals surface area contributed by atoms with Crippen LogP contribution in [-0.2, 0) is 4.79 Å². The molecule has 0 radical (unpaired) electrons. The SMILES string of the molecule is CC(C)c1cc(F)ccc1N1C(=O)CS/C1=N\C(=O)N/C=C/c1ccc(-c2ncn(-c3ccc(OC(F)(F)F)cc3)n2)cc1. The quantitative estimate of drug-likeness (QED) is 0.224. The molecule has 1 saturated heterocycles. The monoisotopic (exact) mass is 624 g/mol. The molecule has 2 heterocycles. The molecule has 0 atom stereocenters. The molecule has 226 valence electrons. The van der Waals surface area contributed by atoms with E-state index in [-0.39, 0.29) is 28.5 Å². The van der Waals surface area contributed by atoms with Crippen LogP contribution in [0.3, 0.4) is 0 Å². The Bertz CT molecular complexity index is 1730. The number of ether oxygens (including phenoxy) is 1. The molecule has 0 spiro atoms. The molecule has 3 amide bonds. The fraction of sp³-hybridized carbons (Fsp3) is 0.167. The van der Waals surface area contributed by atoms with Gasteiger partial charge >= 0.3 is 12.4 Å². The molecule has 0 unspecified atom stereocenters. The fourth-order valence-electron chi connectivity index (χ4n) is 4.27. The zero-order valence-electron chi connectivity index (χ0n) is 23.2. The number of aromatic nitrogens is 3. The Morgan fingerprint density at radius 3 is 2.50 bits per heavy atom. The molecule has 0 saturated carbocycles. The second-order valence-electron chi connectivity index (χ2n) is 9.73. The number of rotatable bonds is 7. The van der Waals surface area contributed by atoms with Crippen molar-refractivity contribution < 1.29 is 31.9 Å². The maximum atomic E-state index is 13.9. The van der Waals surface area contributed by atoms with Gasteiger partial charge in [0.25, 0.3) is 0 Å². The lowest BCUT2D eigenvalue weighted by atomic mass is 10.0. The molecular weight excluding hydrogens is 600 g/mol. The molecule has 5 rings (SSSR count). The molecule has 0 aliphatic carbocycles. The summed E-state index contributed by atoms with van der Waals surface area (Å²) in [5, 5.41) is 7.14. The topological polar surface area (TPSA) is 102 Å². The fourth-order valence-corrected chi connectivity index (χ4v) is 5.12. The summed E-state index contributed by atoms with van der Waals surface area (Å²) in [5.74, 6) is -0.552. The summed E-state index contributed by atoms with van der Waals surface area (Å²) in [7, 11) is 0. The number of thioether (sulfide) groups is 1. The van der Waals surface area contributed by atoms with Gasteiger partial charge in [-0.1, -0.05) is 49.9 Å². The van der Waals surface area contributed by atoms with Crippen molar-refractivity contribution in [1.29, 1.82) is 0 Å². The molecule has 4 aromatic rings. The Balaban J connectivity index is 1.21. The molecule has 1 fully saturated rings. The lowest BCUT2D eigenvalue weighted by molar-refractivity contribution is -0.274. The number of benzene rings is 3. The second kappa shape index (κ2) is 12.7. The summed E-state index contributed by atoms with van der Waals surface area (Å²) >= 11 is 1.13. The highest BCUT2D eigenvalue weighted by Gasteiger charge is 2.33. The van der Waals surface area contributed by atoms with Gasteiger partial charge in [-0.15, -0.1) is 18.3 Å². The predicted molar refractivity (Wildman–Crippen MR) is 159 cm³/mol. The van der Waals surface area contributed by atoms with E-state index in [2.05, 4.69) is 25.1 Å². The minimum atomic E-state index is -4.77. The normalized spacial score (nSPS) is 14.7. The third-order valence-electron chi connectivity index (χ3n) is 6.29. The van der Waals surface area contributed by atoms with E-state index < -0.39 is 18.2 Å². The first-order chi connectivity index (χ1) is 21.0. The number of hydrogen-bond acceptors (Lipinski definition) is 6. The zero-order chi connectivity index (χ0) is 31.4. The number of carbonyl (C=O) groups is 2. The van der Waals surface area contributed by atoms with Crippen LogP contribution < -0.4 is 15.0 Å². The van der Waals surface area contributed by atoms with E-state index in [0.29, 0.717) is 28.3 Å². The van der Waals surface area contributed by atoms with Crippen LogP contribution in [0.1, 0.15) is 30.9 Å². The number of alkyl halides is 3. The number of amides is 3. The van der Waals surface area contributed by atoms with Crippen LogP contribution >= 0.6 is 11.8 Å². The number of carbonyl (C=O) groups excluding carboxylic acids is 2. The first-order valence-electron chi connectivity index (χ1n) is 13.2. The van der Waals surface area contributed by atoms with Crippen LogP contribution in [0.2, 0.25) is 0 Å². The van der Waals surface area contributed by atoms with E-state index in [0.717, 1.165) is 17.3 Å². The Morgan fingerprint density at radius 2 is 1.82 bits per heavy atom. The summed E-state index contributed by atoms with van der Waals surface area (Å²) in [4.78, 5) is 34.8. The third kappa shape index (κ3) is 7.32. The van der Waals surface area contributed by atoms with Crippen molar-refractivity contribution in [3.8, 4) is 22.8 Å². The van der Waals surface area contributed by atoms with Crippen molar-refractivity contribution in [2.45, 2.75) is 26.1 Å². The Hall–Kier alpha value is -4.98. The summed E-state index contributed by atoms with van der Waals surface area (Å²) < 4.78 is 56.3. The van der Waals surface area contributed by atoms with Crippen LogP contribution in [0, 0.1) is 5.82 Å². The molecule has 1 aliphatic rings. The number of nitrogens with zero attached hydrogens (tertiary/aromatic N) is 5. The Labute approximate surface area is 253 Å². The van der Waals surface area contributed by atoms with Crippen molar-refractivity contribution in [2.24, 2.45) is 4.99 Å². The molecule has 1 N–H and O–H groups in total. The molecule has 14 heteroatoms. The number of amidine groups is 1. The summed E-state index contributed by atoms with van der Waals surface area (Å²) in [6, 6.07) is 15.8. The minimum Gasteiger partial charge on any atom is -0.406 e. The van der Waals surface area contributed by atoms with Crippen molar-refractivity contribution in [3.05, 3.63) is 96.2 Å². The maximum absolute atomic E-state index is 13.9. The smallest absolute Gasteiger partial charge is 0.406 e. The zero-order valence-corrected chi connectivity index (χ0v) is 24.1. The first-order valence-corrected chi connectivity index (χ1v) is 14.1. The number of anilines is 1. The number of nitrogens with one attached hydrogen (secondary N) is 1. The highest BCUT2D eigenvalue weighted by Crippen LogP contribution is 2.34. The molecule has 0 bridgehead atoms. The van der Waals surface area contributed by atoms with E-state index in [9.17, 15) is 27.2 Å². The molecule has 44 heavy (non-hydrogen) atoms. The van der Waals surface area contributed by atoms with Gasteiger partial charge in [0.1, 0.15) is 17.9 Å².